The van der Waals surface area contributed by atoms with E-state index in [4.69, 9.17) is 11.6 Å². The van der Waals surface area contributed by atoms with E-state index >= 15 is 0 Å². The van der Waals surface area contributed by atoms with Gasteiger partial charge in [0.15, 0.2) is 0 Å². The Morgan fingerprint density at radius 1 is 1.18 bits per heavy atom. The third kappa shape index (κ3) is 3.91. The average molecular weight is 398 g/mol. The van der Waals surface area contributed by atoms with Crippen LogP contribution in [-0.2, 0) is 22.7 Å². The molecule has 2 aliphatic rings. The number of carbonyl (C=O) groups excluding carboxylic acids is 2. The summed E-state index contributed by atoms with van der Waals surface area (Å²) >= 11 is 6.14. The highest BCUT2D eigenvalue weighted by atomic mass is 35.5. The number of carbonyl (C=O) groups is 2. The summed E-state index contributed by atoms with van der Waals surface area (Å²) in [6.07, 6.45) is 1.34. The lowest BCUT2D eigenvalue weighted by atomic mass is 9.84. The minimum absolute atomic E-state index is 0.000884. The molecule has 6 heteroatoms. The van der Waals surface area contributed by atoms with Gasteiger partial charge >= 0.3 is 0 Å². The molecule has 5 nitrogen and oxygen atoms in total. The van der Waals surface area contributed by atoms with Crippen LogP contribution in [0.3, 0.4) is 0 Å². The Bertz CT molecular complexity index is 873. The van der Waals surface area contributed by atoms with Gasteiger partial charge in [0.2, 0.25) is 11.8 Å². The van der Waals surface area contributed by atoms with Gasteiger partial charge < -0.3 is 10.6 Å². The van der Waals surface area contributed by atoms with Crippen LogP contribution in [0.25, 0.3) is 0 Å². The van der Waals surface area contributed by atoms with Gasteiger partial charge in [-0.3, -0.25) is 14.5 Å². The van der Waals surface area contributed by atoms with E-state index in [-0.39, 0.29) is 11.8 Å². The van der Waals surface area contributed by atoms with Gasteiger partial charge in [0.1, 0.15) is 6.04 Å². The van der Waals surface area contributed by atoms with E-state index in [0.29, 0.717) is 24.5 Å². The van der Waals surface area contributed by atoms with Crippen LogP contribution in [0.2, 0.25) is 5.02 Å². The van der Waals surface area contributed by atoms with E-state index in [9.17, 15) is 9.59 Å². The molecule has 2 saturated heterocycles. The first-order chi connectivity index (χ1) is 13.6. The van der Waals surface area contributed by atoms with Gasteiger partial charge in [-0.25, -0.2) is 0 Å². The molecule has 0 unspecified atom stereocenters. The number of halogens is 1. The fourth-order valence-corrected chi connectivity index (χ4v) is 4.44. The van der Waals surface area contributed by atoms with Crippen LogP contribution in [0.15, 0.2) is 54.6 Å². The van der Waals surface area contributed by atoms with Gasteiger partial charge in [-0.2, -0.15) is 0 Å². The molecule has 28 heavy (non-hydrogen) atoms. The second kappa shape index (κ2) is 7.94. The Morgan fingerprint density at radius 2 is 1.93 bits per heavy atom. The van der Waals surface area contributed by atoms with Gasteiger partial charge in [0.05, 0.1) is 5.41 Å². The molecule has 4 rings (SSSR count). The number of hydrogen-bond donors (Lipinski definition) is 2. The quantitative estimate of drug-likeness (QED) is 0.815. The minimum atomic E-state index is -0.480. The van der Waals surface area contributed by atoms with E-state index < -0.39 is 11.5 Å². The number of amides is 2. The summed E-state index contributed by atoms with van der Waals surface area (Å²) in [6, 6.07) is 17.2. The van der Waals surface area contributed by atoms with Crippen LogP contribution in [-0.4, -0.2) is 35.8 Å². The van der Waals surface area contributed by atoms with E-state index in [1.54, 1.807) is 6.07 Å². The molecule has 2 aromatic rings. The maximum Gasteiger partial charge on any atom is 0.242 e. The minimum Gasteiger partial charge on any atom is -0.350 e. The SMILES string of the molecule is O=C(NCc1ccccc1Cl)[C@@H]1C[C@]2(CCN(Cc3ccccc3)C2)C(=O)N1. The van der Waals surface area contributed by atoms with Gasteiger partial charge in [-0.1, -0.05) is 60.1 Å². The number of rotatable bonds is 5. The van der Waals surface area contributed by atoms with E-state index in [1.807, 2.05) is 36.4 Å². The van der Waals surface area contributed by atoms with Crippen LogP contribution < -0.4 is 10.6 Å². The van der Waals surface area contributed by atoms with Crippen molar-refractivity contribution in [3.63, 3.8) is 0 Å². The first-order valence-corrected chi connectivity index (χ1v) is 10.0. The van der Waals surface area contributed by atoms with Gasteiger partial charge in [-0.15, -0.1) is 0 Å². The van der Waals surface area contributed by atoms with E-state index in [1.165, 1.54) is 5.56 Å². The summed E-state index contributed by atoms with van der Waals surface area (Å²) < 4.78 is 0. The van der Waals surface area contributed by atoms with Crippen molar-refractivity contribution in [2.45, 2.75) is 32.0 Å². The normalized spacial score (nSPS) is 24.5. The van der Waals surface area contributed by atoms with Crippen LogP contribution >= 0.6 is 11.6 Å². The molecule has 146 valence electrons. The Hall–Kier alpha value is -2.37. The molecule has 2 heterocycles. The Kier molecular flexibility index (Phi) is 5.38. The van der Waals surface area contributed by atoms with Crippen molar-refractivity contribution in [3.05, 3.63) is 70.7 Å². The maximum absolute atomic E-state index is 12.7. The predicted molar refractivity (Wildman–Crippen MR) is 109 cm³/mol. The molecule has 2 fully saturated rings. The lowest BCUT2D eigenvalue weighted by molar-refractivity contribution is -0.128. The first kappa shape index (κ1) is 19.0. The molecule has 2 N–H and O–H groups in total. The van der Waals surface area contributed by atoms with Crippen molar-refractivity contribution < 1.29 is 9.59 Å². The molecule has 2 atom stereocenters. The summed E-state index contributed by atoms with van der Waals surface area (Å²) in [7, 11) is 0. The number of hydrogen-bond acceptors (Lipinski definition) is 3. The van der Waals surface area contributed by atoms with Gasteiger partial charge in [0.25, 0.3) is 0 Å². The van der Waals surface area contributed by atoms with Gasteiger partial charge in [-0.05, 0) is 36.6 Å². The Labute approximate surface area is 170 Å². The molecular weight excluding hydrogens is 374 g/mol. The van der Waals surface area contributed by atoms with E-state index in [2.05, 4.69) is 27.7 Å². The highest BCUT2D eigenvalue weighted by Crippen LogP contribution is 2.40. The van der Waals surface area contributed by atoms with Crippen molar-refractivity contribution >= 4 is 23.4 Å². The lowest BCUT2D eigenvalue weighted by Gasteiger charge is -2.21. The molecule has 2 aromatic carbocycles. The second-order valence-electron chi connectivity index (χ2n) is 7.77. The summed E-state index contributed by atoms with van der Waals surface area (Å²) in [5, 5.41) is 6.45. The predicted octanol–water partition coefficient (Wildman–Crippen LogP) is 2.74. The fraction of sp³-hybridized carbons (Fsp3) is 0.364. The molecule has 0 aromatic heterocycles. The largest absolute Gasteiger partial charge is 0.350 e. The van der Waals surface area contributed by atoms with E-state index in [0.717, 1.165) is 25.1 Å². The fourth-order valence-electron chi connectivity index (χ4n) is 4.24. The number of nitrogens with one attached hydrogen (secondary N) is 2. The summed E-state index contributed by atoms with van der Waals surface area (Å²) in [5.41, 5.74) is 1.65. The zero-order chi connectivity index (χ0) is 19.6. The number of benzene rings is 2. The summed E-state index contributed by atoms with van der Waals surface area (Å²) in [4.78, 5) is 27.6. The zero-order valence-corrected chi connectivity index (χ0v) is 16.4. The summed E-state index contributed by atoms with van der Waals surface area (Å²) in [6.45, 7) is 2.76. The first-order valence-electron chi connectivity index (χ1n) is 9.64. The third-order valence-electron chi connectivity index (χ3n) is 5.79. The third-order valence-corrected chi connectivity index (χ3v) is 6.16. The summed E-state index contributed by atoms with van der Waals surface area (Å²) in [5.74, 6) is -0.146. The Balaban J connectivity index is 1.34. The maximum atomic E-state index is 12.7. The molecule has 0 saturated carbocycles. The van der Waals surface area contributed by atoms with Crippen LogP contribution in [0, 0.1) is 5.41 Å². The molecule has 0 aliphatic carbocycles. The zero-order valence-electron chi connectivity index (χ0n) is 15.7. The van der Waals surface area contributed by atoms with Crippen molar-refractivity contribution in [2.24, 2.45) is 5.41 Å². The second-order valence-corrected chi connectivity index (χ2v) is 8.17. The topological polar surface area (TPSA) is 61.4 Å². The number of likely N-dealkylation sites (tertiary alicyclic amines) is 1. The van der Waals surface area contributed by atoms with Crippen molar-refractivity contribution in [2.75, 3.05) is 13.1 Å². The van der Waals surface area contributed by atoms with Crippen molar-refractivity contribution in [1.82, 2.24) is 15.5 Å². The van der Waals surface area contributed by atoms with Crippen molar-refractivity contribution in [1.29, 1.82) is 0 Å². The average Bonchev–Trinajstić information content (AvgIpc) is 3.25. The van der Waals surface area contributed by atoms with Crippen molar-refractivity contribution in [3.8, 4) is 0 Å². The van der Waals surface area contributed by atoms with Crippen LogP contribution in [0.5, 0.6) is 0 Å². The lowest BCUT2D eigenvalue weighted by Crippen LogP contribution is -2.41. The smallest absolute Gasteiger partial charge is 0.242 e. The van der Waals surface area contributed by atoms with Crippen LogP contribution in [0.4, 0.5) is 0 Å². The number of nitrogens with zero attached hydrogens (tertiary/aromatic N) is 1. The van der Waals surface area contributed by atoms with Gasteiger partial charge in [0, 0.05) is 24.7 Å². The molecule has 1 spiro atoms. The molecule has 0 radical (unpaired) electrons. The standard InChI is InChI=1S/C22H24ClN3O2/c23-18-9-5-4-8-17(18)13-24-20(27)19-12-22(21(28)25-19)10-11-26(15-22)14-16-6-2-1-3-7-16/h1-9,19H,10-15H2,(H,24,27)(H,25,28)/t19-,22-/m0/s1. The van der Waals surface area contributed by atoms with Crippen LogP contribution in [0.1, 0.15) is 24.0 Å². The molecule has 2 aliphatic heterocycles. The Morgan fingerprint density at radius 3 is 2.71 bits per heavy atom. The highest BCUT2D eigenvalue weighted by Gasteiger charge is 2.52. The molecule has 0 bridgehead atoms. The molecule has 2 amide bonds. The molecular formula is C22H24ClN3O2. The monoisotopic (exact) mass is 397 g/mol. The highest BCUT2D eigenvalue weighted by molar-refractivity contribution is 6.31.